The average molecular weight is 475 g/mol. The molecule has 3 heterocycles. The van der Waals surface area contributed by atoms with Crippen LogP contribution in [-0.2, 0) is 11.3 Å². The zero-order chi connectivity index (χ0) is 23.5. The molecule has 7 nitrogen and oxygen atoms in total. The van der Waals surface area contributed by atoms with E-state index in [1.54, 1.807) is 13.1 Å². The van der Waals surface area contributed by atoms with Gasteiger partial charge < -0.3 is 14.6 Å². The highest BCUT2D eigenvalue weighted by atomic mass is 35.5. The number of imidazole rings is 1. The number of nitrogens with one attached hydrogen (secondary N) is 1. The summed E-state index contributed by atoms with van der Waals surface area (Å²) >= 11 is 5.82. The minimum atomic E-state index is 0.548. The quantitative estimate of drug-likeness (QED) is 0.362. The van der Waals surface area contributed by atoms with Gasteiger partial charge in [-0.15, -0.1) is 0 Å². The van der Waals surface area contributed by atoms with E-state index in [-0.39, 0.29) is 0 Å². The molecule has 2 saturated carbocycles. The first kappa shape index (κ1) is 22.3. The van der Waals surface area contributed by atoms with E-state index in [2.05, 4.69) is 55.1 Å². The first-order chi connectivity index (χ1) is 16.6. The smallest absolute Gasteiger partial charge is 0.215 e. The van der Waals surface area contributed by atoms with Gasteiger partial charge in [0.05, 0.1) is 12.2 Å². The number of benzene rings is 1. The summed E-state index contributed by atoms with van der Waals surface area (Å²) in [6.07, 6.45) is 11.6. The monoisotopic (exact) mass is 474 g/mol. The lowest BCUT2D eigenvalue weighted by atomic mass is 10.1. The van der Waals surface area contributed by atoms with E-state index in [9.17, 15) is 4.79 Å². The fourth-order valence-corrected chi connectivity index (χ4v) is 4.05. The van der Waals surface area contributed by atoms with Crippen LogP contribution < -0.4 is 10.2 Å². The predicted octanol–water partition coefficient (Wildman–Crippen LogP) is 5.42. The van der Waals surface area contributed by atoms with E-state index in [1.165, 1.54) is 48.0 Å². The molecule has 0 bridgehead atoms. The molecule has 1 aromatic carbocycles. The van der Waals surface area contributed by atoms with Crippen molar-refractivity contribution in [1.82, 2.24) is 19.4 Å². The number of carbonyl (C=O) groups is 1. The van der Waals surface area contributed by atoms with Crippen LogP contribution >= 0.6 is 11.6 Å². The summed E-state index contributed by atoms with van der Waals surface area (Å²) in [5, 5.41) is 4.09. The van der Waals surface area contributed by atoms with Crippen molar-refractivity contribution in [3.05, 3.63) is 83.0 Å². The zero-order valence-electron chi connectivity index (χ0n) is 19.1. The van der Waals surface area contributed by atoms with Gasteiger partial charge in [0.1, 0.15) is 23.6 Å². The van der Waals surface area contributed by atoms with E-state index in [4.69, 9.17) is 11.6 Å². The molecule has 1 N–H and O–H groups in total. The minimum absolute atomic E-state index is 0.548. The first-order valence-corrected chi connectivity index (χ1v) is 11.9. The van der Waals surface area contributed by atoms with Gasteiger partial charge in [0.2, 0.25) is 6.41 Å². The molecule has 0 radical (unpaired) electrons. The Hall–Kier alpha value is -3.45. The number of fused-ring (bicyclic) bond motifs is 1. The van der Waals surface area contributed by atoms with Gasteiger partial charge in [0.15, 0.2) is 0 Å². The van der Waals surface area contributed by atoms with Gasteiger partial charge in [0, 0.05) is 30.5 Å². The van der Waals surface area contributed by atoms with Crippen molar-refractivity contribution in [2.75, 3.05) is 17.3 Å². The second kappa shape index (κ2) is 9.81. The molecule has 0 spiro atoms. The Morgan fingerprint density at radius 2 is 1.85 bits per heavy atom. The van der Waals surface area contributed by atoms with Crippen LogP contribution in [0.2, 0.25) is 5.02 Å². The Kier molecular flexibility index (Phi) is 6.45. The lowest BCUT2D eigenvalue weighted by molar-refractivity contribution is -0.107. The van der Waals surface area contributed by atoms with Crippen molar-refractivity contribution in [3.63, 3.8) is 0 Å². The molecule has 3 aromatic heterocycles. The number of rotatable bonds is 7. The van der Waals surface area contributed by atoms with Crippen LogP contribution in [0.1, 0.15) is 54.3 Å². The third kappa shape index (κ3) is 5.54. The summed E-state index contributed by atoms with van der Waals surface area (Å²) in [6.45, 7) is 0.557. The maximum absolute atomic E-state index is 10.8. The molecule has 2 aliphatic carbocycles. The van der Waals surface area contributed by atoms with Crippen LogP contribution in [0.5, 0.6) is 0 Å². The summed E-state index contributed by atoms with van der Waals surface area (Å²) in [6, 6.07) is 14.1. The Bertz CT molecular complexity index is 1300. The number of nitrogens with zero attached hydrogens (tertiary/aromatic N) is 5. The van der Waals surface area contributed by atoms with Crippen molar-refractivity contribution < 1.29 is 4.79 Å². The highest BCUT2D eigenvalue weighted by Crippen LogP contribution is 2.40. The number of amides is 1. The topological polar surface area (TPSA) is 75.4 Å². The van der Waals surface area contributed by atoms with Crippen LogP contribution in [-0.4, -0.2) is 32.8 Å². The Labute approximate surface area is 203 Å². The highest BCUT2D eigenvalue weighted by molar-refractivity contribution is 6.30. The fraction of sp³-hybridized carbons (Fsp3) is 0.308. The maximum atomic E-state index is 10.8. The Morgan fingerprint density at radius 1 is 1.06 bits per heavy atom. The van der Waals surface area contributed by atoms with Crippen LogP contribution in [0.4, 0.5) is 11.6 Å². The Balaban J connectivity index is 0.000000200. The largest absolute Gasteiger partial charge is 0.364 e. The van der Waals surface area contributed by atoms with E-state index in [0.29, 0.717) is 24.6 Å². The maximum Gasteiger partial charge on any atom is 0.215 e. The predicted molar refractivity (Wildman–Crippen MR) is 134 cm³/mol. The van der Waals surface area contributed by atoms with E-state index >= 15 is 0 Å². The fourth-order valence-electron chi connectivity index (χ4n) is 3.85. The van der Waals surface area contributed by atoms with Crippen molar-refractivity contribution in [3.8, 4) is 0 Å². The van der Waals surface area contributed by atoms with Gasteiger partial charge in [-0.2, -0.15) is 0 Å². The lowest BCUT2D eigenvalue weighted by Crippen LogP contribution is -2.15. The summed E-state index contributed by atoms with van der Waals surface area (Å²) in [5.41, 5.74) is 4.68. The minimum Gasteiger partial charge on any atom is -0.364 e. The summed E-state index contributed by atoms with van der Waals surface area (Å²) in [4.78, 5) is 25.0. The first-order valence-electron chi connectivity index (χ1n) is 11.6. The molecule has 6 rings (SSSR count). The molecular formula is C26H27ClN6O. The van der Waals surface area contributed by atoms with Crippen LogP contribution in [0.3, 0.4) is 0 Å². The van der Waals surface area contributed by atoms with Gasteiger partial charge >= 0.3 is 0 Å². The number of hydrogen-bond acceptors (Lipinski definition) is 5. The van der Waals surface area contributed by atoms with Crippen LogP contribution in [0.25, 0.3) is 5.65 Å². The molecule has 34 heavy (non-hydrogen) atoms. The molecule has 1 amide bonds. The molecule has 0 unspecified atom stereocenters. The molecule has 2 aliphatic rings. The standard InChI is InChI=1S/C17H18N6O.C9H9Cl/c1-22(11-24)17-6-15(19-10-20-17)18-7-14-9-23-8-13(12-2-3-12)4-5-16(23)21-14;10-9-3-1-2-8(6-9)7-4-5-7/h4-6,8-12H,2-3,7H2,1H3,(H,18,19,20);1-3,6-7H,4-5H2. The highest BCUT2D eigenvalue weighted by Gasteiger charge is 2.24. The van der Waals surface area contributed by atoms with Gasteiger partial charge in [0.25, 0.3) is 0 Å². The van der Waals surface area contributed by atoms with Gasteiger partial charge in [-0.25, -0.2) is 15.0 Å². The molecule has 0 atom stereocenters. The second-order valence-corrected chi connectivity index (χ2v) is 9.33. The number of carbonyl (C=O) groups excluding carboxylic acids is 1. The normalized spacial score (nSPS) is 14.9. The average Bonchev–Trinajstić information content (AvgIpc) is 3.79. The zero-order valence-corrected chi connectivity index (χ0v) is 19.8. The molecule has 0 saturated heterocycles. The molecular weight excluding hydrogens is 448 g/mol. The lowest BCUT2D eigenvalue weighted by Gasteiger charge is -2.10. The summed E-state index contributed by atoms with van der Waals surface area (Å²) in [7, 11) is 1.65. The molecule has 2 fully saturated rings. The van der Waals surface area contributed by atoms with Crippen molar-refractivity contribution in [2.24, 2.45) is 0 Å². The van der Waals surface area contributed by atoms with Crippen LogP contribution in [0, 0.1) is 0 Å². The number of anilines is 2. The molecule has 4 aromatic rings. The number of pyridine rings is 1. The van der Waals surface area contributed by atoms with E-state index in [0.717, 1.165) is 28.2 Å². The van der Waals surface area contributed by atoms with Gasteiger partial charge in [-0.3, -0.25) is 4.79 Å². The summed E-state index contributed by atoms with van der Waals surface area (Å²) in [5.74, 6) is 2.75. The van der Waals surface area contributed by atoms with Crippen molar-refractivity contribution in [1.29, 1.82) is 0 Å². The third-order valence-electron chi connectivity index (χ3n) is 6.09. The SMILES string of the molecule is CN(C=O)c1cc(NCc2cn3cc(C4CC4)ccc3n2)ncn1.Clc1cccc(C2CC2)c1. The molecule has 0 aliphatic heterocycles. The van der Waals surface area contributed by atoms with E-state index < -0.39 is 0 Å². The molecule has 8 heteroatoms. The number of aromatic nitrogens is 4. The van der Waals surface area contributed by atoms with Crippen LogP contribution in [0.15, 0.2) is 61.2 Å². The number of halogens is 1. The van der Waals surface area contributed by atoms with Gasteiger partial charge in [-0.05, 0) is 66.8 Å². The van der Waals surface area contributed by atoms with E-state index in [1.807, 2.05) is 18.3 Å². The van der Waals surface area contributed by atoms with Crippen molar-refractivity contribution in [2.45, 2.75) is 44.1 Å². The third-order valence-corrected chi connectivity index (χ3v) is 6.33. The number of hydrogen-bond donors (Lipinski definition) is 1. The molecule has 174 valence electrons. The second-order valence-electron chi connectivity index (χ2n) is 8.90. The Morgan fingerprint density at radius 3 is 2.59 bits per heavy atom. The van der Waals surface area contributed by atoms with Gasteiger partial charge in [-0.1, -0.05) is 29.8 Å². The van der Waals surface area contributed by atoms with Crippen molar-refractivity contribution >= 4 is 35.3 Å². The summed E-state index contributed by atoms with van der Waals surface area (Å²) < 4.78 is 2.08.